The highest BCUT2D eigenvalue weighted by molar-refractivity contribution is 9.10. The van der Waals surface area contributed by atoms with Gasteiger partial charge in [0.15, 0.2) is 4.34 Å². The third-order valence-electron chi connectivity index (χ3n) is 3.61. The van der Waals surface area contributed by atoms with Crippen LogP contribution >= 0.6 is 39.0 Å². The molecule has 0 saturated carbocycles. The lowest BCUT2D eigenvalue weighted by Crippen LogP contribution is -2.27. The lowest BCUT2D eigenvalue weighted by molar-refractivity contribution is -0.127. The molecule has 0 fully saturated rings. The molecule has 1 aromatic heterocycles. The molecule has 27 heavy (non-hydrogen) atoms. The van der Waals surface area contributed by atoms with Crippen molar-refractivity contribution in [3.8, 4) is 0 Å². The smallest absolute Gasteiger partial charge is 0.233 e. The zero-order valence-electron chi connectivity index (χ0n) is 14.4. The summed E-state index contributed by atoms with van der Waals surface area (Å²) >= 11 is 6.19. The molecule has 1 amide bonds. The highest BCUT2D eigenvalue weighted by Gasteiger charge is 2.13. The standard InChI is InChI=1S/C18H16BrFN4OS2/c1-24(10-12-4-2-3-5-15(12)19)16(25)11-26-18-23-22-17(27-18)21-14-8-6-13(20)7-9-14/h2-9H,10-11H2,1H3,(H,21,22). The number of thioether (sulfide) groups is 1. The molecule has 1 heterocycles. The van der Waals surface area contributed by atoms with E-state index in [4.69, 9.17) is 0 Å². The lowest BCUT2D eigenvalue weighted by atomic mass is 10.2. The predicted molar refractivity (Wildman–Crippen MR) is 111 cm³/mol. The molecule has 0 saturated heterocycles. The first-order valence-electron chi connectivity index (χ1n) is 7.97. The Kier molecular flexibility index (Phi) is 6.81. The first-order valence-corrected chi connectivity index (χ1v) is 10.6. The molecule has 3 rings (SSSR count). The van der Waals surface area contributed by atoms with Crippen LogP contribution in [0.1, 0.15) is 5.56 Å². The molecule has 9 heteroatoms. The van der Waals surface area contributed by atoms with E-state index in [0.29, 0.717) is 16.0 Å². The fraction of sp³-hybridized carbons (Fsp3) is 0.167. The normalized spacial score (nSPS) is 10.6. The molecular formula is C18H16BrFN4OS2. The second-order valence-corrected chi connectivity index (χ2v) is 8.69. The zero-order chi connectivity index (χ0) is 19.2. The average molecular weight is 467 g/mol. The number of hydrogen-bond acceptors (Lipinski definition) is 6. The van der Waals surface area contributed by atoms with Gasteiger partial charge in [0, 0.05) is 23.8 Å². The maximum absolute atomic E-state index is 12.9. The van der Waals surface area contributed by atoms with Crippen LogP contribution in [0.25, 0.3) is 0 Å². The summed E-state index contributed by atoms with van der Waals surface area (Å²) in [6, 6.07) is 13.8. The third-order valence-corrected chi connectivity index (χ3v) is 6.34. The number of benzene rings is 2. The first kappa shape index (κ1) is 19.8. The topological polar surface area (TPSA) is 58.1 Å². The second kappa shape index (κ2) is 9.29. The quantitative estimate of drug-likeness (QED) is 0.500. The van der Waals surface area contributed by atoms with E-state index in [0.717, 1.165) is 15.7 Å². The van der Waals surface area contributed by atoms with Gasteiger partial charge >= 0.3 is 0 Å². The van der Waals surface area contributed by atoms with Crippen molar-refractivity contribution in [1.29, 1.82) is 0 Å². The molecule has 5 nitrogen and oxygen atoms in total. The molecule has 0 aliphatic rings. The third kappa shape index (κ3) is 5.75. The minimum absolute atomic E-state index is 0.0130. The van der Waals surface area contributed by atoms with Crippen molar-refractivity contribution in [2.45, 2.75) is 10.9 Å². The van der Waals surface area contributed by atoms with E-state index < -0.39 is 0 Å². The molecule has 3 aromatic rings. The van der Waals surface area contributed by atoms with Crippen molar-refractivity contribution in [1.82, 2.24) is 15.1 Å². The highest BCUT2D eigenvalue weighted by atomic mass is 79.9. The van der Waals surface area contributed by atoms with Gasteiger partial charge in [0.1, 0.15) is 5.82 Å². The van der Waals surface area contributed by atoms with Crippen LogP contribution in [-0.4, -0.2) is 33.8 Å². The van der Waals surface area contributed by atoms with Crippen LogP contribution in [0.4, 0.5) is 15.2 Å². The zero-order valence-corrected chi connectivity index (χ0v) is 17.6. The Morgan fingerprint density at radius 1 is 1.22 bits per heavy atom. The van der Waals surface area contributed by atoms with Gasteiger partial charge in [0.2, 0.25) is 11.0 Å². The summed E-state index contributed by atoms with van der Waals surface area (Å²) < 4.78 is 14.6. The van der Waals surface area contributed by atoms with Crippen molar-refractivity contribution in [3.05, 3.63) is 64.4 Å². The molecule has 0 atom stereocenters. The number of nitrogens with one attached hydrogen (secondary N) is 1. The summed E-state index contributed by atoms with van der Waals surface area (Å²) in [7, 11) is 1.78. The fourth-order valence-electron chi connectivity index (χ4n) is 2.18. The van der Waals surface area contributed by atoms with Crippen LogP contribution in [-0.2, 0) is 11.3 Å². The number of halogens is 2. The summed E-state index contributed by atoms with van der Waals surface area (Å²) in [5, 5.41) is 11.8. The fourth-order valence-corrected chi connectivity index (χ4v) is 4.30. The Morgan fingerprint density at radius 3 is 2.70 bits per heavy atom. The monoisotopic (exact) mass is 466 g/mol. The SMILES string of the molecule is CN(Cc1ccccc1Br)C(=O)CSc1nnc(Nc2ccc(F)cc2)s1. The molecule has 2 aromatic carbocycles. The van der Waals surface area contributed by atoms with Crippen molar-refractivity contribution in [3.63, 3.8) is 0 Å². The van der Waals surface area contributed by atoms with Crippen LogP contribution < -0.4 is 5.32 Å². The molecule has 0 radical (unpaired) electrons. The van der Waals surface area contributed by atoms with Crippen LogP contribution in [0.15, 0.2) is 57.3 Å². The average Bonchev–Trinajstić information content (AvgIpc) is 3.11. The van der Waals surface area contributed by atoms with E-state index in [9.17, 15) is 9.18 Å². The number of aromatic nitrogens is 2. The van der Waals surface area contributed by atoms with Crippen molar-refractivity contribution in [2.24, 2.45) is 0 Å². The lowest BCUT2D eigenvalue weighted by Gasteiger charge is -2.17. The highest BCUT2D eigenvalue weighted by Crippen LogP contribution is 2.28. The number of carbonyl (C=O) groups is 1. The van der Waals surface area contributed by atoms with E-state index >= 15 is 0 Å². The summed E-state index contributed by atoms with van der Waals surface area (Å²) in [6.45, 7) is 0.536. The number of nitrogens with zero attached hydrogens (tertiary/aromatic N) is 3. The van der Waals surface area contributed by atoms with Gasteiger partial charge in [-0.25, -0.2) is 4.39 Å². The number of rotatable bonds is 7. The van der Waals surface area contributed by atoms with E-state index in [1.165, 1.54) is 35.2 Å². The Bertz CT molecular complexity index is 920. The van der Waals surface area contributed by atoms with E-state index in [1.54, 1.807) is 24.1 Å². The van der Waals surface area contributed by atoms with Gasteiger partial charge in [0.05, 0.1) is 5.75 Å². The van der Waals surface area contributed by atoms with Crippen molar-refractivity contribution in [2.75, 3.05) is 18.1 Å². The van der Waals surface area contributed by atoms with E-state index in [-0.39, 0.29) is 17.5 Å². The summed E-state index contributed by atoms with van der Waals surface area (Å²) in [5.74, 6) is 0.00444. The van der Waals surface area contributed by atoms with Gasteiger partial charge in [-0.2, -0.15) is 0 Å². The van der Waals surface area contributed by atoms with E-state index in [1.807, 2.05) is 24.3 Å². The summed E-state index contributed by atoms with van der Waals surface area (Å²) in [5.41, 5.74) is 1.79. The van der Waals surface area contributed by atoms with Gasteiger partial charge in [-0.3, -0.25) is 4.79 Å². The Hall–Kier alpha value is -1.97. The Morgan fingerprint density at radius 2 is 1.96 bits per heavy atom. The predicted octanol–water partition coefficient (Wildman–Crippen LogP) is 4.93. The molecule has 0 bridgehead atoms. The molecule has 0 aliphatic heterocycles. The van der Waals surface area contributed by atoms with Crippen molar-refractivity contribution >= 4 is 55.8 Å². The minimum Gasteiger partial charge on any atom is -0.341 e. The molecule has 0 aliphatic carbocycles. The molecular weight excluding hydrogens is 451 g/mol. The van der Waals surface area contributed by atoms with Crippen LogP contribution in [0.5, 0.6) is 0 Å². The van der Waals surface area contributed by atoms with Gasteiger partial charge in [-0.15, -0.1) is 10.2 Å². The Labute approximate surface area is 173 Å². The first-order chi connectivity index (χ1) is 13.0. The molecule has 1 N–H and O–H groups in total. The van der Waals surface area contributed by atoms with Crippen LogP contribution in [0, 0.1) is 5.82 Å². The van der Waals surface area contributed by atoms with Crippen LogP contribution in [0.3, 0.4) is 0 Å². The molecule has 140 valence electrons. The molecule has 0 spiro atoms. The maximum Gasteiger partial charge on any atom is 0.233 e. The largest absolute Gasteiger partial charge is 0.341 e. The summed E-state index contributed by atoms with van der Waals surface area (Å²) in [4.78, 5) is 14.0. The van der Waals surface area contributed by atoms with Gasteiger partial charge < -0.3 is 10.2 Å². The van der Waals surface area contributed by atoms with Gasteiger partial charge in [-0.05, 0) is 35.9 Å². The number of amides is 1. The van der Waals surface area contributed by atoms with Gasteiger partial charge in [0.25, 0.3) is 0 Å². The number of anilines is 2. The summed E-state index contributed by atoms with van der Waals surface area (Å²) in [6.07, 6.45) is 0. The van der Waals surface area contributed by atoms with Crippen molar-refractivity contribution < 1.29 is 9.18 Å². The minimum atomic E-state index is -0.292. The number of carbonyl (C=O) groups excluding carboxylic acids is 1. The number of hydrogen-bond donors (Lipinski definition) is 1. The van der Waals surface area contributed by atoms with Crippen LogP contribution in [0.2, 0.25) is 0 Å². The van der Waals surface area contributed by atoms with Gasteiger partial charge in [-0.1, -0.05) is 57.2 Å². The van der Waals surface area contributed by atoms with E-state index in [2.05, 4.69) is 31.4 Å². The second-order valence-electron chi connectivity index (χ2n) is 5.63. The maximum atomic E-state index is 12.9. The Balaban J connectivity index is 1.51. The molecule has 0 unspecified atom stereocenters.